The Kier molecular flexibility index (Phi) is 6.34. The molecule has 1 amide bonds. The molecule has 1 aliphatic heterocycles. The van der Waals surface area contributed by atoms with E-state index in [1.165, 1.54) is 34.3 Å². The van der Waals surface area contributed by atoms with E-state index < -0.39 is 10.0 Å². The second kappa shape index (κ2) is 8.98. The summed E-state index contributed by atoms with van der Waals surface area (Å²) in [6, 6.07) is 18.5. The number of fused-ring (bicyclic) bond motifs is 1. The Labute approximate surface area is 185 Å². The molecule has 4 rings (SSSR count). The minimum atomic E-state index is -3.57. The normalized spacial score (nSPS) is 14.8. The molecule has 0 atom stereocenters. The Balaban J connectivity index is 1.44. The number of hydrogen-bond acceptors (Lipinski definition) is 4. The zero-order chi connectivity index (χ0) is 21.1. The van der Waals surface area contributed by atoms with E-state index in [0.29, 0.717) is 23.8 Å². The van der Waals surface area contributed by atoms with Gasteiger partial charge >= 0.3 is 0 Å². The van der Waals surface area contributed by atoms with Crippen LogP contribution in [0.25, 0.3) is 10.8 Å². The summed E-state index contributed by atoms with van der Waals surface area (Å²) in [5.41, 5.74) is 0.307. The highest BCUT2D eigenvalue weighted by atomic mass is 35.5. The fourth-order valence-corrected chi connectivity index (χ4v) is 5.88. The molecule has 156 valence electrons. The highest BCUT2D eigenvalue weighted by Gasteiger charge is 2.27. The summed E-state index contributed by atoms with van der Waals surface area (Å²) in [6.07, 6.45) is 1.73. The van der Waals surface area contributed by atoms with Gasteiger partial charge in [-0.05, 0) is 53.9 Å². The molecule has 1 N–H and O–H groups in total. The van der Waals surface area contributed by atoms with E-state index in [4.69, 9.17) is 11.6 Å². The van der Waals surface area contributed by atoms with Gasteiger partial charge in [-0.3, -0.25) is 4.79 Å². The zero-order valence-electron chi connectivity index (χ0n) is 16.2. The van der Waals surface area contributed by atoms with Gasteiger partial charge in [0.05, 0.1) is 21.4 Å². The average Bonchev–Trinajstić information content (AvgIpc) is 3.29. The molecule has 8 heteroatoms. The average molecular weight is 461 g/mol. The first-order valence-electron chi connectivity index (χ1n) is 9.65. The summed E-state index contributed by atoms with van der Waals surface area (Å²) < 4.78 is 27.0. The van der Waals surface area contributed by atoms with Crippen LogP contribution in [-0.2, 0) is 14.8 Å². The van der Waals surface area contributed by atoms with E-state index in [2.05, 4.69) is 5.32 Å². The maximum atomic E-state index is 12.8. The van der Waals surface area contributed by atoms with Crippen molar-refractivity contribution in [1.82, 2.24) is 4.31 Å². The molecule has 5 nitrogen and oxygen atoms in total. The molecule has 1 fully saturated rings. The summed E-state index contributed by atoms with van der Waals surface area (Å²) in [7, 11) is -3.57. The highest BCUT2D eigenvalue weighted by Crippen LogP contribution is 2.29. The predicted molar refractivity (Wildman–Crippen MR) is 123 cm³/mol. The van der Waals surface area contributed by atoms with Crippen LogP contribution in [0.1, 0.15) is 12.8 Å². The van der Waals surface area contributed by atoms with Crippen LogP contribution in [0.5, 0.6) is 0 Å². The molecule has 0 bridgehead atoms. The van der Waals surface area contributed by atoms with E-state index in [1.807, 2.05) is 42.5 Å². The Hall–Kier alpha value is -2.06. The summed E-state index contributed by atoms with van der Waals surface area (Å²) in [5.74, 6) is -0.0524. The van der Waals surface area contributed by atoms with Crippen molar-refractivity contribution in [3.8, 4) is 0 Å². The number of nitrogens with zero attached hydrogens (tertiary/aromatic N) is 1. The first-order chi connectivity index (χ1) is 14.4. The van der Waals surface area contributed by atoms with Crippen LogP contribution >= 0.6 is 23.4 Å². The molecular formula is C22H21ClN2O3S2. The standard InChI is InChI=1S/C22H21ClN2O3S2/c23-20-10-9-19(30(27,28)25-11-3-4-12-25)14-21(20)24-22(26)15-29-18-8-7-16-5-1-2-6-17(16)13-18/h1-2,5-10,13-14H,3-4,11-12,15H2,(H,24,26). The van der Waals surface area contributed by atoms with Crippen molar-refractivity contribution in [1.29, 1.82) is 0 Å². The largest absolute Gasteiger partial charge is 0.324 e. The number of carbonyl (C=O) groups excluding carboxylic acids is 1. The van der Waals surface area contributed by atoms with Gasteiger partial charge in [0.15, 0.2) is 0 Å². The fourth-order valence-electron chi connectivity index (χ4n) is 3.43. The first kappa shape index (κ1) is 21.2. The highest BCUT2D eigenvalue weighted by molar-refractivity contribution is 8.00. The molecule has 0 aromatic heterocycles. The number of hydrogen-bond donors (Lipinski definition) is 1. The Morgan fingerprint density at radius 1 is 1.00 bits per heavy atom. The van der Waals surface area contributed by atoms with Crippen molar-refractivity contribution in [3.63, 3.8) is 0 Å². The van der Waals surface area contributed by atoms with Crippen LogP contribution in [0.15, 0.2) is 70.5 Å². The third-order valence-corrected chi connectivity index (χ3v) is 8.22. The Morgan fingerprint density at radius 3 is 2.50 bits per heavy atom. The Morgan fingerprint density at radius 2 is 1.73 bits per heavy atom. The molecule has 1 heterocycles. The van der Waals surface area contributed by atoms with Crippen molar-refractivity contribution in [2.45, 2.75) is 22.6 Å². The molecule has 0 radical (unpaired) electrons. The quantitative estimate of drug-likeness (QED) is 0.525. The number of sulfonamides is 1. The van der Waals surface area contributed by atoms with Crippen molar-refractivity contribution >= 4 is 55.8 Å². The van der Waals surface area contributed by atoms with Crippen LogP contribution in [-0.4, -0.2) is 37.5 Å². The van der Waals surface area contributed by atoms with Crippen LogP contribution in [0, 0.1) is 0 Å². The zero-order valence-corrected chi connectivity index (χ0v) is 18.6. The number of carbonyl (C=O) groups is 1. The Bertz CT molecular complexity index is 1190. The lowest BCUT2D eigenvalue weighted by Crippen LogP contribution is -2.28. The third kappa shape index (κ3) is 4.64. The first-order valence-corrected chi connectivity index (χ1v) is 12.4. The van der Waals surface area contributed by atoms with Crippen molar-refractivity contribution in [3.05, 3.63) is 65.7 Å². The summed E-state index contributed by atoms with van der Waals surface area (Å²) in [4.78, 5) is 13.6. The fraction of sp³-hybridized carbons (Fsp3) is 0.227. The van der Waals surface area contributed by atoms with Crippen LogP contribution in [0.3, 0.4) is 0 Å². The van der Waals surface area contributed by atoms with Gasteiger partial charge in [0.1, 0.15) is 0 Å². The summed E-state index contributed by atoms with van der Waals surface area (Å²) >= 11 is 7.62. The van der Waals surface area contributed by atoms with E-state index in [9.17, 15) is 13.2 Å². The molecule has 0 saturated carbocycles. The summed E-state index contributed by atoms with van der Waals surface area (Å²) in [5, 5.41) is 5.31. The minimum Gasteiger partial charge on any atom is -0.324 e. The van der Waals surface area contributed by atoms with Gasteiger partial charge in [-0.1, -0.05) is 41.9 Å². The number of anilines is 1. The van der Waals surface area contributed by atoms with Crippen molar-refractivity contribution in [2.75, 3.05) is 24.2 Å². The molecule has 0 unspecified atom stereocenters. The van der Waals surface area contributed by atoms with E-state index in [-0.39, 0.29) is 16.6 Å². The van der Waals surface area contributed by atoms with Gasteiger partial charge < -0.3 is 5.32 Å². The minimum absolute atomic E-state index is 0.145. The number of benzene rings is 3. The molecule has 0 spiro atoms. The maximum Gasteiger partial charge on any atom is 0.243 e. The monoisotopic (exact) mass is 460 g/mol. The van der Waals surface area contributed by atoms with Gasteiger partial charge in [0.2, 0.25) is 15.9 Å². The number of amides is 1. The number of halogens is 1. The predicted octanol–water partition coefficient (Wildman–Crippen LogP) is 5.01. The number of thioether (sulfide) groups is 1. The van der Waals surface area contributed by atoms with E-state index in [0.717, 1.165) is 28.5 Å². The van der Waals surface area contributed by atoms with Gasteiger partial charge in [-0.15, -0.1) is 11.8 Å². The van der Waals surface area contributed by atoms with E-state index in [1.54, 1.807) is 0 Å². The lowest BCUT2D eigenvalue weighted by atomic mass is 10.1. The van der Waals surface area contributed by atoms with Gasteiger partial charge in [0.25, 0.3) is 0 Å². The summed E-state index contributed by atoms with van der Waals surface area (Å²) in [6.45, 7) is 1.05. The molecule has 3 aromatic rings. The molecule has 1 saturated heterocycles. The lowest BCUT2D eigenvalue weighted by molar-refractivity contribution is -0.113. The van der Waals surface area contributed by atoms with Gasteiger partial charge in [-0.2, -0.15) is 4.31 Å². The second-order valence-corrected chi connectivity index (χ2v) is 10.5. The second-order valence-electron chi connectivity index (χ2n) is 7.10. The third-order valence-electron chi connectivity index (χ3n) is 5.01. The molecular weight excluding hydrogens is 440 g/mol. The van der Waals surface area contributed by atoms with E-state index >= 15 is 0 Å². The van der Waals surface area contributed by atoms with Crippen molar-refractivity contribution in [2.24, 2.45) is 0 Å². The van der Waals surface area contributed by atoms with Crippen LogP contribution < -0.4 is 5.32 Å². The van der Waals surface area contributed by atoms with Gasteiger partial charge in [-0.25, -0.2) is 8.42 Å². The smallest absolute Gasteiger partial charge is 0.243 e. The number of nitrogens with one attached hydrogen (secondary N) is 1. The van der Waals surface area contributed by atoms with Crippen LogP contribution in [0.2, 0.25) is 5.02 Å². The SMILES string of the molecule is O=C(CSc1ccc2ccccc2c1)Nc1cc(S(=O)(=O)N2CCCC2)ccc1Cl. The molecule has 0 aliphatic carbocycles. The molecule has 3 aromatic carbocycles. The topological polar surface area (TPSA) is 66.5 Å². The van der Waals surface area contributed by atoms with Crippen LogP contribution in [0.4, 0.5) is 5.69 Å². The lowest BCUT2D eigenvalue weighted by Gasteiger charge is -2.16. The van der Waals surface area contributed by atoms with Crippen molar-refractivity contribution < 1.29 is 13.2 Å². The number of rotatable bonds is 6. The molecule has 30 heavy (non-hydrogen) atoms. The maximum absolute atomic E-state index is 12.8. The van der Waals surface area contributed by atoms with Gasteiger partial charge in [0, 0.05) is 18.0 Å². The molecule has 1 aliphatic rings.